The number of halogens is 1. The molecule has 3 aromatic rings. The molecular weight excluding hydrogens is 483 g/mol. The topological polar surface area (TPSA) is 76.6 Å². The van der Waals surface area contributed by atoms with E-state index in [0.29, 0.717) is 38.7 Å². The monoisotopic (exact) mass is 520 g/mol. The fraction of sp³-hybridized carbons (Fsp3) is 0.433. The summed E-state index contributed by atoms with van der Waals surface area (Å²) in [6.07, 6.45) is 3.43. The first kappa shape index (κ1) is 27.5. The molecule has 0 bridgehead atoms. The quantitative estimate of drug-likeness (QED) is 0.253. The second-order valence-electron chi connectivity index (χ2n) is 10.8. The van der Waals surface area contributed by atoms with Crippen molar-refractivity contribution in [2.75, 3.05) is 43.6 Å². The van der Waals surface area contributed by atoms with Crippen LogP contribution in [-0.2, 0) is 10.2 Å². The van der Waals surface area contributed by atoms with Gasteiger partial charge in [0.15, 0.2) is 17.4 Å². The number of methoxy groups -OCH3 is 1. The zero-order chi connectivity index (χ0) is 27.1. The van der Waals surface area contributed by atoms with Crippen LogP contribution in [0.1, 0.15) is 56.0 Å². The van der Waals surface area contributed by atoms with Crippen molar-refractivity contribution < 1.29 is 18.7 Å². The summed E-state index contributed by atoms with van der Waals surface area (Å²) in [4.78, 5) is 23.5. The number of nitrogens with zero attached hydrogens (tertiary/aromatic N) is 3. The molecule has 1 aliphatic rings. The average molecular weight is 521 g/mol. The van der Waals surface area contributed by atoms with E-state index in [1.54, 1.807) is 7.11 Å². The Hall–Kier alpha value is -3.52. The maximum atomic E-state index is 14.8. The number of anilines is 3. The highest BCUT2D eigenvalue weighted by Crippen LogP contribution is 2.29. The molecule has 4 rings (SSSR count). The maximum absolute atomic E-state index is 14.8. The molecule has 0 aliphatic carbocycles. The average Bonchev–Trinajstić information content (AvgIpc) is 2.90. The molecule has 202 valence electrons. The van der Waals surface area contributed by atoms with Crippen molar-refractivity contribution in [2.24, 2.45) is 5.92 Å². The molecule has 2 heterocycles. The molecule has 1 atom stereocenters. The molecule has 1 saturated heterocycles. The Balaban J connectivity index is 1.38. The van der Waals surface area contributed by atoms with Crippen LogP contribution in [-0.4, -0.2) is 49.2 Å². The zero-order valence-electron chi connectivity index (χ0n) is 22.7. The van der Waals surface area contributed by atoms with Crippen LogP contribution in [0.3, 0.4) is 0 Å². The van der Waals surface area contributed by atoms with E-state index in [0.717, 1.165) is 29.8 Å². The van der Waals surface area contributed by atoms with Gasteiger partial charge in [0.25, 0.3) is 0 Å². The summed E-state index contributed by atoms with van der Waals surface area (Å²) < 4.78 is 25.4. The van der Waals surface area contributed by atoms with E-state index in [9.17, 15) is 9.18 Å². The second kappa shape index (κ2) is 12.3. The lowest BCUT2D eigenvalue weighted by Crippen LogP contribution is -2.37. The summed E-state index contributed by atoms with van der Waals surface area (Å²) in [5.41, 5.74) is 2.74. The summed E-state index contributed by atoms with van der Waals surface area (Å²) in [5, 5.41) is 3.14. The van der Waals surface area contributed by atoms with E-state index >= 15 is 0 Å². The van der Waals surface area contributed by atoms with Crippen molar-refractivity contribution in [1.29, 1.82) is 0 Å². The van der Waals surface area contributed by atoms with Gasteiger partial charge < -0.3 is 19.7 Å². The fourth-order valence-corrected chi connectivity index (χ4v) is 4.61. The highest BCUT2D eigenvalue weighted by molar-refractivity contribution is 5.96. The molecule has 8 heteroatoms. The number of hydrogen-bond donors (Lipinski definition) is 1. The van der Waals surface area contributed by atoms with Crippen LogP contribution < -0.4 is 15.0 Å². The Morgan fingerprint density at radius 3 is 2.53 bits per heavy atom. The van der Waals surface area contributed by atoms with Crippen LogP contribution in [0.25, 0.3) is 0 Å². The number of benzene rings is 2. The first-order valence-electron chi connectivity index (χ1n) is 13.1. The van der Waals surface area contributed by atoms with Crippen LogP contribution in [0.5, 0.6) is 5.75 Å². The third-order valence-electron chi connectivity index (χ3n) is 6.76. The summed E-state index contributed by atoms with van der Waals surface area (Å²) in [5.74, 6) is 1.09. The molecule has 1 fully saturated rings. The maximum Gasteiger partial charge on any atom is 0.229 e. The van der Waals surface area contributed by atoms with Gasteiger partial charge in [0.05, 0.1) is 12.8 Å². The van der Waals surface area contributed by atoms with Crippen molar-refractivity contribution in [3.63, 3.8) is 0 Å². The number of ketones is 1. The predicted octanol–water partition coefficient (Wildman–Crippen LogP) is 6.17. The SMILES string of the molecule is COCCOc1ccc(Nc2ncc(F)c(N3CCC[C@@H](CC(=O)c4ccc(C(C)(C)C)cc4)C3)n2)cc1. The number of nitrogens with one attached hydrogen (secondary N) is 1. The fourth-order valence-electron chi connectivity index (χ4n) is 4.61. The molecule has 1 aromatic heterocycles. The smallest absolute Gasteiger partial charge is 0.229 e. The van der Waals surface area contributed by atoms with Gasteiger partial charge in [0, 0.05) is 37.9 Å². The predicted molar refractivity (Wildman–Crippen MR) is 148 cm³/mol. The van der Waals surface area contributed by atoms with Gasteiger partial charge in [-0.25, -0.2) is 9.37 Å². The minimum Gasteiger partial charge on any atom is -0.491 e. The summed E-state index contributed by atoms with van der Waals surface area (Å²) in [6.45, 7) is 8.72. The van der Waals surface area contributed by atoms with Crippen LogP contribution in [0.15, 0.2) is 54.7 Å². The van der Waals surface area contributed by atoms with Gasteiger partial charge in [-0.2, -0.15) is 4.98 Å². The van der Waals surface area contributed by atoms with Crippen LogP contribution in [0, 0.1) is 11.7 Å². The van der Waals surface area contributed by atoms with Gasteiger partial charge in [0.1, 0.15) is 12.4 Å². The molecular formula is C30H37FN4O3. The normalized spacial score (nSPS) is 15.8. The number of rotatable bonds is 10. The van der Waals surface area contributed by atoms with Gasteiger partial charge in [-0.15, -0.1) is 0 Å². The first-order chi connectivity index (χ1) is 18.2. The minimum absolute atomic E-state index is 0.0444. The molecule has 0 amide bonds. The standard InChI is InChI=1S/C30H37FN4O3/c1-30(2,3)23-9-7-22(8-10-23)27(36)18-21-6-5-15-35(20-21)28-26(31)19-32-29(34-28)33-24-11-13-25(14-12-24)38-17-16-37-4/h7-14,19,21H,5-6,15-18,20H2,1-4H3,(H,32,33,34)/t21-/m0/s1. The number of carbonyl (C=O) groups excluding carboxylic acids is 1. The van der Waals surface area contributed by atoms with Crippen molar-refractivity contribution in [3.05, 3.63) is 71.7 Å². The van der Waals surface area contributed by atoms with Crippen molar-refractivity contribution in [2.45, 2.75) is 45.4 Å². The zero-order valence-corrected chi connectivity index (χ0v) is 22.7. The Morgan fingerprint density at radius 2 is 1.84 bits per heavy atom. The molecule has 2 aromatic carbocycles. The van der Waals surface area contributed by atoms with Crippen LogP contribution in [0.4, 0.5) is 21.8 Å². The largest absolute Gasteiger partial charge is 0.491 e. The number of Topliss-reactive ketones (excluding diaryl/α,β-unsaturated/α-hetero) is 1. The van der Waals surface area contributed by atoms with Gasteiger partial charge in [-0.1, -0.05) is 45.0 Å². The van der Waals surface area contributed by atoms with Gasteiger partial charge in [-0.3, -0.25) is 4.79 Å². The van der Waals surface area contributed by atoms with Crippen molar-refractivity contribution in [1.82, 2.24) is 9.97 Å². The number of piperidine rings is 1. The Morgan fingerprint density at radius 1 is 1.11 bits per heavy atom. The third-order valence-corrected chi connectivity index (χ3v) is 6.76. The first-order valence-corrected chi connectivity index (χ1v) is 13.1. The molecule has 0 saturated carbocycles. The van der Waals surface area contributed by atoms with Crippen molar-refractivity contribution >= 4 is 23.2 Å². The number of aromatic nitrogens is 2. The Bertz CT molecular complexity index is 1210. The van der Waals surface area contributed by atoms with E-state index in [4.69, 9.17) is 9.47 Å². The van der Waals surface area contributed by atoms with Gasteiger partial charge >= 0.3 is 0 Å². The summed E-state index contributed by atoms with van der Waals surface area (Å²) in [6, 6.07) is 15.3. The third kappa shape index (κ3) is 7.28. The van der Waals surface area contributed by atoms with Crippen molar-refractivity contribution in [3.8, 4) is 5.75 Å². The van der Waals surface area contributed by atoms with E-state index in [2.05, 4.69) is 36.1 Å². The molecule has 1 aliphatic heterocycles. The summed E-state index contributed by atoms with van der Waals surface area (Å²) >= 11 is 0. The Labute approximate surface area is 224 Å². The molecule has 7 nitrogen and oxygen atoms in total. The summed E-state index contributed by atoms with van der Waals surface area (Å²) in [7, 11) is 1.63. The number of carbonyl (C=O) groups is 1. The molecule has 1 N–H and O–H groups in total. The Kier molecular flexibility index (Phi) is 8.94. The second-order valence-corrected chi connectivity index (χ2v) is 10.8. The molecule has 0 spiro atoms. The van der Waals surface area contributed by atoms with E-state index in [1.165, 1.54) is 11.8 Å². The molecule has 0 radical (unpaired) electrons. The lowest BCUT2D eigenvalue weighted by Gasteiger charge is -2.33. The molecule has 0 unspecified atom stereocenters. The van der Waals surface area contributed by atoms with E-state index < -0.39 is 5.82 Å². The number of ether oxygens (including phenoxy) is 2. The minimum atomic E-state index is -0.470. The van der Waals surface area contributed by atoms with E-state index in [-0.39, 0.29) is 22.9 Å². The highest BCUT2D eigenvalue weighted by atomic mass is 19.1. The van der Waals surface area contributed by atoms with Crippen LogP contribution in [0.2, 0.25) is 0 Å². The number of hydrogen-bond acceptors (Lipinski definition) is 7. The van der Waals surface area contributed by atoms with Crippen LogP contribution >= 0.6 is 0 Å². The molecule has 38 heavy (non-hydrogen) atoms. The highest BCUT2D eigenvalue weighted by Gasteiger charge is 2.26. The van der Waals surface area contributed by atoms with Gasteiger partial charge in [-0.05, 0) is 54.0 Å². The lowest BCUT2D eigenvalue weighted by molar-refractivity contribution is 0.0956. The van der Waals surface area contributed by atoms with E-state index in [1.807, 2.05) is 53.4 Å². The lowest BCUT2D eigenvalue weighted by atomic mass is 9.85. The van der Waals surface area contributed by atoms with Gasteiger partial charge in [0.2, 0.25) is 5.95 Å².